The van der Waals surface area contributed by atoms with Gasteiger partial charge in [-0.05, 0) is 36.2 Å². The van der Waals surface area contributed by atoms with Crippen LogP contribution in [-0.4, -0.2) is 36.6 Å². The Balaban J connectivity index is 1.76. The number of hydrazone groups is 1. The van der Waals surface area contributed by atoms with Crippen LogP contribution in [0.3, 0.4) is 0 Å². The zero-order chi connectivity index (χ0) is 23.5. The molecular formula is C23H24N6O4. The van der Waals surface area contributed by atoms with Gasteiger partial charge in [0, 0.05) is 14.1 Å². The highest BCUT2D eigenvalue weighted by Gasteiger charge is 2.19. The SMILES string of the molecule is CCOc1cc(/C=N\Nc2nc3c(c(=O)n(C)c(=O)n3C)n2Cc2ccccc2)ccc1O. The molecule has 2 N–H and O–H groups in total. The number of hydrogen-bond acceptors (Lipinski definition) is 7. The van der Waals surface area contributed by atoms with Gasteiger partial charge in [0.1, 0.15) is 0 Å². The van der Waals surface area contributed by atoms with Gasteiger partial charge >= 0.3 is 5.69 Å². The minimum absolute atomic E-state index is 0.0448. The minimum Gasteiger partial charge on any atom is -0.504 e. The molecule has 0 aliphatic rings. The highest BCUT2D eigenvalue weighted by Crippen LogP contribution is 2.26. The summed E-state index contributed by atoms with van der Waals surface area (Å²) in [6.45, 7) is 2.61. The number of benzene rings is 2. The molecule has 4 aromatic rings. The van der Waals surface area contributed by atoms with Gasteiger partial charge in [-0.15, -0.1) is 0 Å². The predicted octanol–water partition coefficient (Wildman–Crippen LogP) is 2.03. The molecule has 0 radical (unpaired) electrons. The Labute approximate surface area is 189 Å². The van der Waals surface area contributed by atoms with E-state index in [4.69, 9.17) is 4.74 Å². The molecule has 0 atom stereocenters. The number of nitrogens with one attached hydrogen (secondary N) is 1. The van der Waals surface area contributed by atoms with Crippen molar-refractivity contribution in [1.29, 1.82) is 0 Å². The lowest BCUT2D eigenvalue weighted by atomic mass is 10.2. The maximum Gasteiger partial charge on any atom is 0.332 e. The number of aromatic hydroxyl groups is 1. The monoisotopic (exact) mass is 448 g/mol. The lowest BCUT2D eigenvalue weighted by Gasteiger charge is -2.09. The van der Waals surface area contributed by atoms with Gasteiger partial charge < -0.3 is 9.84 Å². The number of aryl methyl sites for hydroxylation is 1. The van der Waals surface area contributed by atoms with E-state index in [1.165, 1.54) is 17.7 Å². The summed E-state index contributed by atoms with van der Waals surface area (Å²) in [5, 5.41) is 14.1. The third kappa shape index (κ3) is 4.22. The second-order valence-electron chi connectivity index (χ2n) is 7.42. The van der Waals surface area contributed by atoms with Crippen molar-refractivity contribution in [2.75, 3.05) is 12.0 Å². The molecule has 0 bridgehead atoms. The van der Waals surface area contributed by atoms with Crippen LogP contribution in [0, 0.1) is 0 Å². The zero-order valence-corrected chi connectivity index (χ0v) is 18.5. The second kappa shape index (κ2) is 9.03. The quantitative estimate of drug-likeness (QED) is 0.330. The van der Waals surface area contributed by atoms with E-state index in [1.807, 2.05) is 37.3 Å². The summed E-state index contributed by atoms with van der Waals surface area (Å²) in [5.74, 6) is 0.715. The number of ether oxygens (including phenoxy) is 1. The lowest BCUT2D eigenvalue weighted by molar-refractivity contribution is 0.318. The Bertz CT molecular complexity index is 1450. The van der Waals surface area contributed by atoms with Crippen molar-refractivity contribution < 1.29 is 9.84 Å². The van der Waals surface area contributed by atoms with Crippen LogP contribution in [-0.2, 0) is 20.6 Å². The Morgan fingerprint density at radius 1 is 1.12 bits per heavy atom. The first-order chi connectivity index (χ1) is 15.9. The van der Waals surface area contributed by atoms with Crippen LogP contribution in [0.25, 0.3) is 11.2 Å². The van der Waals surface area contributed by atoms with Crippen molar-refractivity contribution in [1.82, 2.24) is 18.7 Å². The van der Waals surface area contributed by atoms with Gasteiger partial charge in [0.25, 0.3) is 5.56 Å². The molecule has 10 nitrogen and oxygen atoms in total. The first-order valence-corrected chi connectivity index (χ1v) is 10.4. The summed E-state index contributed by atoms with van der Waals surface area (Å²) in [7, 11) is 3.01. The average Bonchev–Trinajstić information content (AvgIpc) is 3.17. The number of imidazole rings is 1. The van der Waals surface area contributed by atoms with Crippen molar-refractivity contribution in [3.8, 4) is 11.5 Å². The molecule has 10 heteroatoms. The molecule has 0 spiro atoms. The third-order valence-corrected chi connectivity index (χ3v) is 5.19. The molecule has 0 aliphatic carbocycles. The molecule has 0 amide bonds. The molecular weight excluding hydrogens is 424 g/mol. The van der Waals surface area contributed by atoms with Crippen molar-refractivity contribution >= 4 is 23.3 Å². The van der Waals surface area contributed by atoms with E-state index in [0.29, 0.717) is 35.9 Å². The maximum absolute atomic E-state index is 12.9. The Hall–Kier alpha value is -4.34. The molecule has 0 aliphatic heterocycles. The van der Waals surface area contributed by atoms with Gasteiger partial charge in [0.2, 0.25) is 5.95 Å². The first-order valence-electron chi connectivity index (χ1n) is 10.4. The summed E-state index contributed by atoms with van der Waals surface area (Å²) in [4.78, 5) is 29.8. The number of nitrogens with zero attached hydrogens (tertiary/aromatic N) is 5. The summed E-state index contributed by atoms with van der Waals surface area (Å²) in [6, 6.07) is 14.5. The Morgan fingerprint density at radius 3 is 2.61 bits per heavy atom. The summed E-state index contributed by atoms with van der Waals surface area (Å²) in [5.41, 5.74) is 4.20. The Kier molecular flexibility index (Phi) is 5.99. The Morgan fingerprint density at radius 2 is 1.88 bits per heavy atom. The van der Waals surface area contributed by atoms with Crippen molar-refractivity contribution in [3.63, 3.8) is 0 Å². The van der Waals surface area contributed by atoms with Crippen molar-refractivity contribution in [2.24, 2.45) is 19.2 Å². The van der Waals surface area contributed by atoms with Gasteiger partial charge in [-0.2, -0.15) is 10.1 Å². The molecule has 0 saturated carbocycles. The number of phenols is 1. The van der Waals surface area contributed by atoms with Crippen LogP contribution in [0.4, 0.5) is 5.95 Å². The van der Waals surface area contributed by atoms with E-state index < -0.39 is 11.2 Å². The van der Waals surface area contributed by atoms with E-state index in [2.05, 4.69) is 15.5 Å². The highest BCUT2D eigenvalue weighted by molar-refractivity contribution is 5.81. The molecule has 4 rings (SSSR count). The van der Waals surface area contributed by atoms with Crippen molar-refractivity contribution in [3.05, 3.63) is 80.5 Å². The highest BCUT2D eigenvalue weighted by atomic mass is 16.5. The van der Waals surface area contributed by atoms with Gasteiger partial charge in [-0.3, -0.25) is 18.5 Å². The molecule has 170 valence electrons. The second-order valence-corrected chi connectivity index (χ2v) is 7.42. The summed E-state index contributed by atoms with van der Waals surface area (Å²) in [6.07, 6.45) is 1.55. The topological polar surface area (TPSA) is 116 Å². The van der Waals surface area contributed by atoms with Gasteiger partial charge in [0.05, 0.1) is 19.4 Å². The van der Waals surface area contributed by atoms with Crippen LogP contribution < -0.4 is 21.4 Å². The van der Waals surface area contributed by atoms with Crippen LogP contribution in [0.1, 0.15) is 18.1 Å². The molecule has 0 unspecified atom stereocenters. The van der Waals surface area contributed by atoms with Crippen LogP contribution >= 0.6 is 0 Å². The standard InChI is InChI=1S/C23H24N6O4/c1-4-33-18-12-16(10-11-17(18)30)13-24-26-22-25-20-19(21(31)28(3)23(32)27(20)2)29(22)14-15-8-6-5-7-9-15/h5-13,30H,4,14H2,1-3H3,(H,25,26)/b24-13-. The predicted molar refractivity (Wildman–Crippen MR) is 126 cm³/mol. The van der Waals surface area contributed by atoms with E-state index in [-0.39, 0.29) is 11.4 Å². The van der Waals surface area contributed by atoms with Gasteiger partial charge in [-0.1, -0.05) is 30.3 Å². The lowest BCUT2D eigenvalue weighted by Crippen LogP contribution is -2.37. The number of aromatic nitrogens is 4. The largest absolute Gasteiger partial charge is 0.504 e. The van der Waals surface area contributed by atoms with E-state index >= 15 is 0 Å². The molecule has 0 fully saturated rings. The number of phenolic OH excluding ortho intramolecular Hbond substituents is 1. The fourth-order valence-corrected chi connectivity index (χ4v) is 3.50. The number of rotatable bonds is 7. The van der Waals surface area contributed by atoms with Gasteiger partial charge in [-0.25, -0.2) is 10.2 Å². The molecule has 0 saturated heterocycles. The molecule has 33 heavy (non-hydrogen) atoms. The van der Waals surface area contributed by atoms with E-state index in [0.717, 1.165) is 10.1 Å². The maximum atomic E-state index is 12.9. The molecule has 2 aromatic heterocycles. The van der Waals surface area contributed by atoms with Gasteiger partial charge in [0.15, 0.2) is 22.7 Å². The number of fused-ring (bicyclic) bond motifs is 1. The molecule has 2 heterocycles. The van der Waals surface area contributed by atoms with E-state index in [1.54, 1.807) is 30.0 Å². The smallest absolute Gasteiger partial charge is 0.332 e. The molecule has 2 aromatic carbocycles. The summed E-state index contributed by atoms with van der Waals surface area (Å²) >= 11 is 0. The number of hydrogen-bond donors (Lipinski definition) is 2. The normalized spacial score (nSPS) is 11.4. The van der Waals surface area contributed by atoms with Crippen LogP contribution in [0.15, 0.2) is 63.2 Å². The minimum atomic E-state index is -0.459. The fraction of sp³-hybridized carbons (Fsp3) is 0.217. The number of anilines is 1. The van der Waals surface area contributed by atoms with E-state index in [9.17, 15) is 14.7 Å². The van der Waals surface area contributed by atoms with Crippen molar-refractivity contribution in [2.45, 2.75) is 13.5 Å². The summed E-state index contributed by atoms with van der Waals surface area (Å²) < 4.78 is 9.49. The van der Waals surface area contributed by atoms with Crippen LogP contribution in [0.2, 0.25) is 0 Å². The first kappa shape index (κ1) is 21.9. The van der Waals surface area contributed by atoms with Crippen LogP contribution in [0.5, 0.6) is 11.5 Å². The fourth-order valence-electron chi connectivity index (χ4n) is 3.50. The average molecular weight is 448 g/mol. The third-order valence-electron chi connectivity index (χ3n) is 5.19. The zero-order valence-electron chi connectivity index (χ0n) is 18.5.